The Morgan fingerprint density at radius 3 is 2.31 bits per heavy atom. The summed E-state index contributed by atoms with van der Waals surface area (Å²) in [6.45, 7) is 0.342. The lowest BCUT2D eigenvalue weighted by molar-refractivity contribution is -0.161. The largest absolute Gasteiger partial charge is 0.489 e. The highest BCUT2D eigenvalue weighted by Crippen LogP contribution is 2.41. The van der Waals surface area contributed by atoms with Crippen molar-refractivity contribution in [1.82, 2.24) is 9.78 Å². The minimum atomic E-state index is -5.44. The van der Waals surface area contributed by atoms with E-state index in [0.29, 0.717) is 25.5 Å². The maximum atomic E-state index is 13.3. The molecule has 2 aromatic rings. The Morgan fingerprint density at radius 1 is 1.12 bits per heavy atom. The van der Waals surface area contributed by atoms with E-state index in [-0.39, 0.29) is 5.52 Å². The predicted molar refractivity (Wildman–Crippen MR) is 78.4 cm³/mol. The van der Waals surface area contributed by atoms with Gasteiger partial charge in [0.2, 0.25) is 0 Å². The lowest BCUT2D eigenvalue weighted by Gasteiger charge is -2.24. The predicted octanol–water partition coefficient (Wildman–Crippen LogP) is 2.45. The molecule has 1 saturated heterocycles. The van der Waals surface area contributed by atoms with E-state index < -0.39 is 47.7 Å². The third-order valence-electron chi connectivity index (χ3n) is 4.22. The molecule has 0 amide bonds. The molecule has 1 atom stereocenters. The van der Waals surface area contributed by atoms with Gasteiger partial charge in [-0.2, -0.15) is 31.4 Å². The van der Waals surface area contributed by atoms with E-state index in [1.54, 1.807) is 0 Å². The van der Waals surface area contributed by atoms with E-state index in [2.05, 4.69) is 5.10 Å². The zero-order valence-corrected chi connectivity index (χ0v) is 13.1. The molecule has 0 radical (unpaired) electrons. The summed E-state index contributed by atoms with van der Waals surface area (Å²) in [5.41, 5.74) is -5.71. The highest BCUT2D eigenvalue weighted by molar-refractivity contribution is 6.62. The first kappa shape index (κ1) is 19.0. The van der Waals surface area contributed by atoms with Gasteiger partial charge in [0.1, 0.15) is 0 Å². The van der Waals surface area contributed by atoms with Crippen molar-refractivity contribution < 1.29 is 41.1 Å². The Balaban J connectivity index is 2.35. The fourth-order valence-electron chi connectivity index (χ4n) is 3.15. The van der Waals surface area contributed by atoms with Crippen molar-refractivity contribution >= 4 is 23.5 Å². The summed E-state index contributed by atoms with van der Waals surface area (Å²) in [4.78, 5) is 0. The number of nitrogens with zero attached hydrogens (tertiary/aromatic N) is 2. The Labute approximate surface area is 143 Å². The molecule has 1 aromatic heterocycles. The number of fused-ring (bicyclic) bond motifs is 1. The average Bonchev–Trinajstić information content (AvgIpc) is 2.95. The van der Waals surface area contributed by atoms with Crippen molar-refractivity contribution in [2.45, 2.75) is 37.8 Å². The molecule has 1 unspecified atom stereocenters. The van der Waals surface area contributed by atoms with Crippen LogP contribution in [0.2, 0.25) is 0 Å². The smallest absolute Gasteiger partial charge is 0.423 e. The number of rotatable bonds is 2. The van der Waals surface area contributed by atoms with Crippen LogP contribution in [0.15, 0.2) is 12.3 Å². The van der Waals surface area contributed by atoms with E-state index >= 15 is 0 Å². The summed E-state index contributed by atoms with van der Waals surface area (Å²) in [7, 11) is -2.76. The number of alkyl halides is 6. The van der Waals surface area contributed by atoms with Gasteiger partial charge in [0.05, 0.1) is 22.8 Å². The number of halogens is 6. The van der Waals surface area contributed by atoms with Gasteiger partial charge in [0, 0.05) is 17.5 Å². The maximum Gasteiger partial charge on any atom is 0.489 e. The number of hydrogen-bond acceptors (Lipinski definition) is 4. The molecule has 0 saturated carbocycles. The average molecular weight is 382 g/mol. The Kier molecular flexibility index (Phi) is 4.70. The van der Waals surface area contributed by atoms with Gasteiger partial charge in [-0.15, -0.1) is 0 Å². The van der Waals surface area contributed by atoms with Crippen LogP contribution < -0.4 is 5.46 Å². The third-order valence-corrected chi connectivity index (χ3v) is 4.22. The number of benzene rings is 1. The fourth-order valence-corrected chi connectivity index (χ4v) is 3.15. The molecule has 1 aliphatic heterocycles. The Morgan fingerprint density at radius 2 is 1.81 bits per heavy atom. The molecule has 1 aliphatic rings. The standard InChI is InChI=1S/C14H13BF6N2O3/c16-13(17,18)8-5-9-7(12(15(24)25)11(8)14(19,20)21)6-22-23(9)10-3-1-2-4-26-10/h5-6,10,24-25H,1-4H2. The van der Waals surface area contributed by atoms with Crippen LogP contribution in [-0.4, -0.2) is 33.6 Å². The minimum absolute atomic E-state index is 0.305. The molecule has 2 heterocycles. The van der Waals surface area contributed by atoms with Crippen molar-refractivity contribution in [2.75, 3.05) is 6.61 Å². The van der Waals surface area contributed by atoms with Gasteiger partial charge >= 0.3 is 19.5 Å². The van der Waals surface area contributed by atoms with Gasteiger partial charge < -0.3 is 14.8 Å². The molecule has 2 N–H and O–H groups in total. The fraction of sp³-hybridized carbons (Fsp3) is 0.500. The van der Waals surface area contributed by atoms with Gasteiger partial charge in [0.15, 0.2) is 6.23 Å². The zero-order valence-electron chi connectivity index (χ0n) is 13.1. The van der Waals surface area contributed by atoms with Crippen LogP contribution in [0.5, 0.6) is 0 Å². The van der Waals surface area contributed by atoms with E-state index in [0.717, 1.165) is 17.3 Å². The number of hydrogen-bond donors (Lipinski definition) is 2. The van der Waals surface area contributed by atoms with Crippen molar-refractivity contribution in [3.8, 4) is 0 Å². The van der Waals surface area contributed by atoms with E-state index in [1.165, 1.54) is 0 Å². The molecule has 0 aliphatic carbocycles. The lowest BCUT2D eigenvalue weighted by atomic mass is 9.73. The van der Waals surface area contributed by atoms with Crippen LogP contribution in [0.1, 0.15) is 36.6 Å². The summed E-state index contributed by atoms with van der Waals surface area (Å²) in [5, 5.41) is 22.2. The second kappa shape index (κ2) is 6.43. The molecular formula is C14H13BF6N2O3. The molecule has 1 aromatic carbocycles. The van der Waals surface area contributed by atoms with E-state index in [9.17, 15) is 36.4 Å². The summed E-state index contributed by atoms with van der Waals surface area (Å²) in [6.07, 6.45) is -8.75. The SMILES string of the molecule is OB(O)c1c(C(F)(F)F)c(C(F)(F)F)cc2c1cnn2C1CCCCO1. The van der Waals surface area contributed by atoms with E-state index in [1.807, 2.05) is 0 Å². The quantitative estimate of drug-likeness (QED) is 0.619. The molecule has 26 heavy (non-hydrogen) atoms. The van der Waals surface area contributed by atoms with Crippen LogP contribution in [-0.2, 0) is 17.1 Å². The van der Waals surface area contributed by atoms with Gasteiger partial charge in [-0.05, 0) is 25.3 Å². The second-order valence-corrected chi connectivity index (χ2v) is 5.93. The first-order chi connectivity index (χ1) is 12.0. The van der Waals surface area contributed by atoms with Gasteiger partial charge in [-0.3, -0.25) is 0 Å². The maximum absolute atomic E-state index is 13.3. The van der Waals surface area contributed by atoms with Crippen LogP contribution in [0.3, 0.4) is 0 Å². The van der Waals surface area contributed by atoms with Gasteiger partial charge in [-0.1, -0.05) is 0 Å². The zero-order chi connectivity index (χ0) is 19.3. The highest BCUT2D eigenvalue weighted by Gasteiger charge is 2.47. The van der Waals surface area contributed by atoms with Crippen LogP contribution in [0.4, 0.5) is 26.3 Å². The van der Waals surface area contributed by atoms with Crippen molar-refractivity contribution in [1.29, 1.82) is 0 Å². The lowest BCUT2D eigenvalue weighted by Crippen LogP contribution is -2.39. The van der Waals surface area contributed by atoms with Crippen molar-refractivity contribution in [2.24, 2.45) is 0 Å². The Bertz CT molecular complexity index is 812. The topological polar surface area (TPSA) is 67.5 Å². The number of aromatic nitrogens is 2. The normalized spacial score (nSPS) is 19.2. The molecule has 5 nitrogen and oxygen atoms in total. The summed E-state index contributed by atoms with van der Waals surface area (Å²) in [5.74, 6) is 0. The first-order valence-corrected chi connectivity index (χ1v) is 7.68. The minimum Gasteiger partial charge on any atom is -0.423 e. The van der Waals surface area contributed by atoms with Gasteiger partial charge in [0.25, 0.3) is 0 Å². The summed E-state index contributed by atoms with van der Waals surface area (Å²) < 4.78 is 86.3. The first-order valence-electron chi connectivity index (χ1n) is 7.68. The third kappa shape index (κ3) is 3.28. The second-order valence-electron chi connectivity index (χ2n) is 5.93. The monoisotopic (exact) mass is 382 g/mol. The number of ether oxygens (including phenoxy) is 1. The molecule has 12 heteroatoms. The summed E-state index contributed by atoms with van der Waals surface area (Å²) >= 11 is 0. The van der Waals surface area contributed by atoms with Crippen LogP contribution in [0, 0.1) is 0 Å². The summed E-state index contributed by atoms with van der Waals surface area (Å²) in [6, 6.07) is 0.328. The van der Waals surface area contributed by atoms with Crippen LogP contribution >= 0.6 is 0 Å². The van der Waals surface area contributed by atoms with Crippen molar-refractivity contribution in [3.05, 3.63) is 23.4 Å². The molecule has 142 valence electrons. The molecule has 1 fully saturated rings. The highest BCUT2D eigenvalue weighted by atomic mass is 19.4. The molecule has 3 rings (SSSR count). The Hall–Kier alpha value is -1.79. The van der Waals surface area contributed by atoms with E-state index in [4.69, 9.17) is 4.74 Å². The van der Waals surface area contributed by atoms with Crippen molar-refractivity contribution in [3.63, 3.8) is 0 Å². The van der Waals surface area contributed by atoms with Crippen LogP contribution in [0.25, 0.3) is 10.9 Å². The molecular weight excluding hydrogens is 369 g/mol. The van der Waals surface area contributed by atoms with Gasteiger partial charge in [-0.25, -0.2) is 4.68 Å². The molecule has 0 bridgehead atoms. The molecule has 0 spiro atoms.